The largest absolute Gasteiger partial charge is 0.444 e. The molecule has 3 heterocycles. The summed E-state index contributed by atoms with van der Waals surface area (Å²) in [5.41, 5.74) is 1.71. The smallest absolute Gasteiger partial charge is 0.416 e. The van der Waals surface area contributed by atoms with Crippen molar-refractivity contribution in [3.8, 4) is 6.07 Å². The standard InChI is InChI=1S/C25H27F3N6O3/c1-23(2,3)37-22(36)33-14-10-24(9-12-29,11-15-33)34-18-8-13-30-21(35)19(18)20(32-34)31-17-6-4-16(5-7-17)25(26,27)28/h4-8,13,19H,9-11,14-15H2,1-3H3,(H,31,32). The first-order valence-corrected chi connectivity index (χ1v) is 11.8. The minimum absolute atomic E-state index is 0.102. The number of nitrogens with zero attached hydrogens (tertiary/aromatic N) is 5. The van der Waals surface area contributed by atoms with Crippen LogP contribution in [0.15, 0.2) is 46.0 Å². The molecule has 12 heteroatoms. The maximum Gasteiger partial charge on any atom is 0.416 e. The summed E-state index contributed by atoms with van der Waals surface area (Å²) in [6.45, 7) is 6.03. The predicted molar refractivity (Wildman–Crippen MR) is 129 cm³/mol. The van der Waals surface area contributed by atoms with Gasteiger partial charge in [0.05, 0.1) is 35.0 Å². The minimum Gasteiger partial charge on any atom is -0.444 e. The number of nitriles is 1. The predicted octanol–water partition coefficient (Wildman–Crippen LogP) is 4.35. The molecule has 2 saturated heterocycles. The van der Waals surface area contributed by atoms with E-state index >= 15 is 0 Å². The van der Waals surface area contributed by atoms with Crippen LogP contribution in [0.2, 0.25) is 0 Å². The zero-order valence-corrected chi connectivity index (χ0v) is 20.7. The highest BCUT2D eigenvalue weighted by atomic mass is 19.4. The number of dihydropyridines is 1. The number of nitrogens with one attached hydrogen (secondary N) is 1. The van der Waals surface area contributed by atoms with Gasteiger partial charge in [-0.1, -0.05) is 0 Å². The molecule has 1 unspecified atom stereocenters. The van der Waals surface area contributed by atoms with Crippen LogP contribution in [0.5, 0.6) is 0 Å². The van der Waals surface area contributed by atoms with Crippen molar-refractivity contribution >= 4 is 29.7 Å². The fourth-order valence-corrected chi connectivity index (χ4v) is 4.59. The number of benzene rings is 1. The van der Waals surface area contributed by atoms with Crippen LogP contribution in [0, 0.1) is 17.2 Å². The molecular formula is C25H27F3N6O3. The Morgan fingerprint density at radius 2 is 1.89 bits per heavy atom. The van der Waals surface area contributed by atoms with Gasteiger partial charge in [-0.3, -0.25) is 15.2 Å². The van der Waals surface area contributed by atoms with Crippen molar-refractivity contribution in [1.29, 1.82) is 5.26 Å². The molecule has 0 radical (unpaired) electrons. The number of fused-ring (bicyclic) bond motifs is 1. The Morgan fingerprint density at radius 3 is 2.46 bits per heavy atom. The summed E-state index contributed by atoms with van der Waals surface area (Å²) in [5, 5.41) is 11.4. The summed E-state index contributed by atoms with van der Waals surface area (Å²) < 4.78 is 44.3. The van der Waals surface area contributed by atoms with Crippen molar-refractivity contribution < 1.29 is 27.5 Å². The van der Waals surface area contributed by atoms with Crippen LogP contribution in [0.25, 0.3) is 0 Å². The number of piperidine rings is 1. The Balaban J connectivity index is 1.61. The first kappa shape index (κ1) is 26.2. The number of ether oxygens (including phenoxy) is 1. The number of hydrogen-bond donors (Lipinski definition) is 1. The Bertz CT molecular complexity index is 1200. The van der Waals surface area contributed by atoms with E-state index in [9.17, 15) is 28.0 Å². The second-order valence-electron chi connectivity index (χ2n) is 10.2. The van der Waals surface area contributed by atoms with E-state index in [4.69, 9.17) is 4.74 Å². The Labute approximate surface area is 212 Å². The average molecular weight is 517 g/mol. The minimum atomic E-state index is -4.48. The van der Waals surface area contributed by atoms with Crippen LogP contribution in [-0.2, 0) is 15.7 Å². The first-order chi connectivity index (χ1) is 17.3. The number of allylic oxidation sites excluding steroid dienone is 1. The summed E-state index contributed by atoms with van der Waals surface area (Å²) in [7, 11) is 0. The van der Waals surface area contributed by atoms with Gasteiger partial charge in [0.15, 0.2) is 0 Å². The van der Waals surface area contributed by atoms with Gasteiger partial charge in [0.25, 0.3) is 5.91 Å². The highest BCUT2D eigenvalue weighted by Gasteiger charge is 2.50. The van der Waals surface area contributed by atoms with E-state index in [-0.39, 0.29) is 17.9 Å². The lowest BCUT2D eigenvalue weighted by molar-refractivity contribution is -0.137. The van der Waals surface area contributed by atoms with Crippen LogP contribution in [0.3, 0.4) is 0 Å². The molecule has 1 aromatic rings. The number of likely N-dealkylation sites (tertiary alicyclic amines) is 1. The molecule has 4 rings (SSSR count). The van der Waals surface area contributed by atoms with Crippen LogP contribution in [0.4, 0.5) is 23.7 Å². The zero-order chi connectivity index (χ0) is 27.0. The number of alkyl halides is 3. The zero-order valence-electron chi connectivity index (χ0n) is 20.7. The Kier molecular flexibility index (Phi) is 6.75. The summed E-state index contributed by atoms with van der Waals surface area (Å²) in [6.07, 6.45) is -0.950. The van der Waals surface area contributed by atoms with E-state index in [1.807, 2.05) is 0 Å². The Hall–Kier alpha value is -3.88. The van der Waals surface area contributed by atoms with Crippen molar-refractivity contribution in [2.24, 2.45) is 15.9 Å². The molecule has 2 amide bonds. The first-order valence-electron chi connectivity index (χ1n) is 11.8. The van der Waals surface area contributed by atoms with Crippen LogP contribution in [-0.4, -0.2) is 58.2 Å². The van der Waals surface area contributed by atoms with Crippen molar-refractivity contribution in [1.82, 2.24) is 15.3 Å². The fourth-order valence-electron chi connectivity index (χ4n) is 4.59. The van der Waals surface area contributed by atoms with E-state index in [1.165, 1.54) is 18.3 Å². The highest BCUT2D eigenvalue weighted by Crippen LogP contribution is 2.40. The Morgan fingerprint density at radius 1 is 1.24 bits per heavy atom. The van der Waals surface area contributed by atoms with Crippen molar-refractivity contribution in [2.45, 2.75) is 57.3 Å². The van der Waals surface area contributed by atoms with E-state index in [1.54, 1.807) is 36.8 Å². The lowest BCUT2D eigenvalue weighted by Gasteiger charge is -2.47. The monoisotopic (exact) mass is 516 g/mol. The van der Waals surface area contributed by atoms with E-state index in [2.05, 4.69) is 21.5 Å². The molecule has 0 aromatic heterocycles. The molecule has 1 atom stereocenters. The molecule has 0 bridgehead atoms. The van der Waals surface area contributed by atoms with E-state index < -0.39 is 40.8 Å². The van der Waals surface area contributed by atoms with Crippen LogP contribution in [0.1, 0.15) is 45.6 Å². The van der Waals surface area contributed by atoms with Crippen molar-refractivity contribution in [2.75, 3.05) is 13.1 Å². The van der Waals surface area contributed by atoms with Gasteiger partial charge >= 0.3 is 12.3 Å². The van der Waals surface area contributed by atoms with Crippen molar-refractivity contribution in [3.63, 3.8) is 0 Å². The van der Waals surface area contributed by atoms with Gasteiger partial charge in [0, 0.05) is 19.3 Å². The van der Waals surface area contributed by atoms with Gasteiger partial charge < -0.3 is 9.64 Å². The second kappa shape index (κ2) is 9.53. The summed E-state index contributed by atoms with van der Waals surface area (Å²) in [4.78, 5) is 35.2. The van der Waals surface area contributed by atoms with Gasteiger partial charge in [-0.05, 0) is 64.0 Å². The SMILES string of the molecule is CC(C)(C)OC(=O)N1CCC(CC#N)(N2NC(=Nc3ccc(C(F)(F)F)cc3)C3C(=O)N=CC=C32)CC1. The molecule has 0 saturated carbocycles. The molecule has 2 fully saturated rings. The third-order valence-electron chi connectivity index (χ3n) is 6.42. The normalized spacial score (nSPS) is 22.3. The van der Waals surface area contributed by atoms with E-state index in [0.717, 1.165) is 12.1 Å². The lowest BCUT2D eigenvalue weighted by Crippen LogP contribution is -2.58. The molecule has 1 N–H and O–H groups in total. The van der Waals surface area contributed by atoms with Crippen LogP contribution >= 0.6 is 0 Å². The number of halogens is 3. The average Bonchev–Trinajstić information content (AvgIpc) is 3.18. The molecule has 0 aliphatic carbocycles. The molecule has 3 aliphatic rings. The molecule has 196 valence electrons. The molecule has 0 spiro atoms. The topological polar surface area (TPSA) is 110 Å². The van der Waals surface area contributed by atoms with Gasteiger partial charge in [0.1, 0.15) is 17.4 Å². The van der Waals surface area contributed by atoms with Gasteiger partial charge in [0.2, 0.25) is 0 Å². The van der Waals surface area contributed by atoms with Gasteiger partial charge in [-0.15, -0.1) is 0 Å². The number of aliphatic imine (C=N–C) groups is 2. The number of carbonyl (C=O) groups excluding carboxylic acids is 2. The molecule has 37 heavy (non-hydrogen) atoms. The summed E-state index contributed by atoms with van der Waals surface area (Å²) >= 11 is 0. The number of hydrogen-bond acceptors (Lipinski definition) is 6. The number of amides is 2. The number of rotatable bonds is 3. The summed E-state index contributed by atoms with van der Waals surface area (Å²) in [6, 6.07) is 6.52. The number of amidine groups is 1. The van der Waals surface area contributed by atoms with E-state index in [0.29, 0.717) is 31.6 Å². The maximum atomic E-state index is 12.9. The second-order valence-corrected chi connectivity index (χ2v) is 10.2. The maximum absolute atomic E-state index is 12.9. The van der Waals surface area contributed by atoms with Crippen molar-refractivity contribution in [3.05, 3.63) is 41.6 Å². The number of carbonyl (C=O) groups is 2. The molecule has 3 aliphatic heterocycles. The summed E-state index contributed by atoms with van der Waals surface area (Å²) in [5.74, 6) is -1.15. The fraction of sp³-hybridized carbons (Fsp3) is 0.480. The van der Waals surface area contributed by atoms with Crippen LogP contribution < -0.4 is 5.43 Å². The van der Waals surface area contributed by atoms with Gasteiger partial charge in [-0.2, -0.15) is 18.4 Å². The number of hydrazine groups is 1. The van der Waals surface area contributed by atoms with Gasteiger partial charge in [-0.25, -0.2) is 14.8 Å². The lowest BCUT2D eigenvalue weighted by atomic mass is 9.83. The molecule has 1 aromatic carbocycles. The highest BCUT2D eigenvalue weighted by molar-refractivity contribution is 6.12. The molecular weight excluding hydrogens is 489 g/mol. The third kappa shape index (κ3) is 5.45. The molecule has 9 nitrogen and oxygen atoms in total. The quantitative estimate of drug-likeness (QED) is 0.640. The third-order valence-corrected chi connectivity index (χ3v) is 6.42.